The van der Waals surface area contributed by atoms with Crippen molar-refractivity contribution in [3.63, 3.8) is 0 Å². The molecule has 2 rings (SSSR count). The second-order valence-corrected chi connectivity index (χ2v) is 4.73. The molecule has 1 saturated heterocycles. The molecule has 1 unspecified atom stereocenters. The van der Waals surface area contributed by atoms with Crippen LogP contribution in [0.3, 0.4) is 0 Å². The fraction of sp³-hybridized carbons (Fsp3) is 0.750. The Morgan fingerprint density at radius 3 is 2.89 bits per heavy atom. The monoisotopic (exact) mass is 252 g/mol. The van der Waals surface area contributed by atoms with E-state index in [2.05, 4.69) is 15.8 Å². The molecule has 1 atom stereocenters. The lowest BCUT2D eigenvalue weighted by atomic mass is 10.1. The summed E-state index contributed by atoms with van der Waals surface area (Å²) in [6, 6.07) is 0.396. The van der Waals surface area contributed by atoms with Crippen LogP contribution in [0.4, 0.5) is 0 Å². The molecule has 0 saturated carbocycles. The summed E-state index contributed by atoms with van der Waals surface area (Å²) in [5.41, 5.74) is 2.84. The van der Waals surface area contributed by atoms with Crippen molar-refractivity contribution in [2.24, 2.45) is 5.10 Å². The van der Waals surface area contributed by atoms with Crippen molar-refractivity contribution >= 4 is 17.5 Å². The van der Waals surface area contributed by atoms with E-state index in [1.807, 2.05) is 6.92 Å². The van der Waals surface area contributed by atoms with E-state index in [-0.39, 0.29) is 11.8 Å². The molecule has 0 aromatic rings. The summed E-state index contributed by atoms with van der Waals surface area (Å²) >= 11 is 0. The molecule has 0 aliphatic carbocycles. The maximum absolute atomic E-state index is 12.2. The predicted octanol–water partition coefficient (Wildman–Crippen LogP) is -0.147. The van der Waals surface area contributed by atoms with Crippen LogP contribution in [0.15, 0.2) is 5.10 Å². The molecule has 0 bridgehead atoms. The molecule has 6 heteroatoms. The van der Waals surface area contributed by atoms with Crippen LogP contribution in [-0.4, -0.2) is 48.1 Å². The highest BCUT2D eigenvalue weighted by Crippen LogP contribution is 2.09. The first-order chi connectivity index (χ1) is 8.70. The van der Waals surface area contributed by atoms with Gasteiger partial charge in [-0.2, -0.15) is 5.10 Å². The number of hydrazone groups is 1. The molecule has 6 nitrogen and oxygen atoms in total. The van der Waals surface area contributed by atoms with Gasteiger partial charge in [0, 0.05) is 32.0 Å². The Morgan fingerprint density at radius 1 is 1.50 bits per heavy atom. The van der Waals surface area contributed by atoms with Crippen LogP contribution >= 0.6 is 0 Å². The number of carbonyl (C=O) groups is 2. The Hall–Kier alpha value is -1.43. The van der Waals surface area contributed by atoms with Gasteiger partial charge in [-0.3, -0.25) is 9.59 Å². The highest BCUT2D eigenvalue weighted by atomic mass is 16.2. The molecule has 2 amide bonds. The van der Waals surface area contributed by atoms with Gasteiger partial charge in [0.25, 0.3) is 5.91 Å². The van der Waals surface area contributed by atoms with Crippen molar-refractivity contribution in [3.05, 3.63) is 0 Å². The summed E-state index contributed by atoms with van der Waals surface area (Å²) in [5.74, 6) is -0.168. The maximum Gasteiger partial charge on any atom is 0.270 e. The van der Waals surface area contributed by atoms with E-state index in [0.29, 0.717) is 31.1 Å². The van der Waals surface area contributed by atoms with Crippen LogP contribution in [0.5, 0.6) is 0 Å². The molecule has 2 aliphatic rings. The van der Waals surface area contributed by atoms with Crippen LogP contribution in [0, 0.1) is 0 Å². The van der Waals surface area contributed by atoms with Crippen molar-refractivity contribution in [2.75, 3.05) is 19.6 Å². The summed E-state index contributed by atoms with van der Waals surface area (Å²) in [4.78, 5) is 25.0. The third-order valence-corrected chi connectivity index (χ3v) is 3.42. The molecule has 0 spiro atoms. The minimum atomic E-state index is -0.118. The largest absolute Gasteiger partial charge is 0.336 e. The minimum Gasteiger partial charge on any atom is -0.336 e. The first-order valence-corrected chi connectivity index (χ1v) is 6.58. The highest BCUT2D eigenvalue weighted by Gasteiger charge is 2.25. The van der Waals surface area contributed by atoms with Crippen molar-refractivity contribution < 1.29 is 9.59 Å². The van der Waals surface area contributed by atoms with E-state index in [4.69, 9.17) is 0 Å². The van der Waals surface area contributed by atoms with Gasteiger partial charge in [-0.15, -0.1) is 0 Å². The number of hydrogen-bond acceptors (Lipinski definition) is 4. The molecule has 2 aliphatic heterocycles. The van der Waals surface area contributed by atoms with Gasteiger partial charge in [0.15, 0.2) is 0 Å². The molecule has 2 N–H and O–H groups in total. The summed E-state index contributed by atoms with van der Waals surface area (Å²) < 4.78 is 0. The first-order valence-electron chi connectivity index (χ1n) is 6.58. The average molecular weight is 252 g/mol. The fourth-order valence-corrected chi connectivity index (χ4v) is 2.35. The number of likely N-dealkylation sites (N-methyl/N-ethyl adjacent to an activating group) is 1. The first kappa shape index (κ1) is 13.0. The fourth-order valence-electron chi connectivity index (χ4n) is 2.35. The van der Waals surface area contributed by atoms with Crippen LogP contribution in [0.2, 0.25) is 0 Å². The zero-order chi connectivity index (χ0) is 13.0. The van der Waals surface area contributed by atoms with Crippen LogP contribution in [-0.2, 0) is 9.59 Å². The number of rotatable bonds is 4. The molecule has 0 aromatic heterocycles. The zero-order valence-electron chi connectivity index (χ0n) is 10.7. The van der Waals surface area contributed by atoms with E-state index in [1.165, 1.54) is 6.42 Å². The maximum atomic E-state index is 12.2. The lowest BCUT2D eigenvalue weighted by Gasteiger charge is -2.25. The number of nitrogens with one attached hydrogen (secondary N) is 2. The molecular weight excluding hydrogens is 232 g/mol. The smallest absolute Gasteiger partial charge is 0.270 e. The van der Waals surface area contributed by atoms with Crippen LogP contribution in [0.25, 0.3) is 0 Å². The van der Waals surface area contributed by atoms with Crippen LogP contribution < -0.4 is 10.7 Å². The van der Waals surface area contributed by atoms with Gasteiger partial charge in [0.05, 0.1) is 0 Å². The Balaban J connectivity index is 1.94. The number of hydrogen-bond donors (Lipinski definition) is 2. The molecular formula is C12H20N4O2. The summed E-state index contributed by atoms with van der Waals surface area (Å²) in [7, 11) is 0. The van der Waals surface area contributed by atoms with Crippen molar-refractivity contribution in [2.45, 2.75) is 38.6 Å². The third-order valence-electron chi connectivity index (χ3n) is 3.42. The van der Waals surface area contributed by atoms with E-state index in [0.717, 1.165) is 19.5 Å². The van der Waals surface area contributed by atoms with Gasteiger partial charge in [-0.05, 0) is 26.3 Å². The predicted molar refractivity (Wildman–Crippen MR) is 68.1 cm³/mol. The summed E-state index contributed by atoms with van der Waals surface area (Å²) in [5, 5.41) is 7.24. The van der Waals surface area contributed by atoms with Gasteiger partial charge >= 0.3 is 0 Å². The van der Waals surface area contributed by atoms with Crippen molar-refractivity contribution in [1.82, 2.24) is 15.6 Å². The second kappa shape index (κ2) is 5.95. The average Bonchev–Trinajstić information content (AvgIpc) is 2.89. The van der Waals surface area contributed by atoms with Gasteiger partial charge in [-0.25, -0.2) is 5.43 Å². The molecule has 0 radical (unpaired) electrons. The Morgan fingerprint density at radius 2 is 2.33 bits per heavy atom. The normalized spacial score (nSPS) is 23.5. The number of carbonyl (C=O) groups excluding carboxylic acids is 2. The highest BCUT2D eigenvalue weighted by molar-refractivity contribution is 6.39. The summed E-state index contributed by atoms with van der Waals surface area (Å²) in [6.07, 6.45) is 3.09. The lowest BCUT2D eigenvalue weighted by Crippen LogP contribution is -2.45. The van der Waals surface area contributed by atoms with Gasteiger partial charge in [0.2, 0.25) is 5.91 Å². The number of amides is 2. The molecule has 0 aromatic carbocycles. The van der Waals surface area contributed by atoms with E-state index >= 15 is 0 Å². The van der Waals surface area contributed by atoms with Gasteiger partial charge in [-0.1, -0.05) is 0 Å². The number of nitrogens with zero attached hydrogens (tertiary/aromatic N) is 2. The van der Waals surface area contributed by atoms with Crippen molar-refractivity contribution in [3.8, 4) is 0 Å². The van der Waals surface area contributed by atoms with E-state index in [1.54, 1.807) is 4.90 Å². The molecule has 1 fully saturated rings. The SMILES string of the molecule is CCN(CC1CCCN1)C(=O)C1=NNC(=O)CC1. The molecule has 18 heavy (non-hydrogen) atoms. The van der Waals surface area contributed by atoms with E-state index < -0.39 is 0 Å². The van der Waals surface area contributed by atoms with E-state index in [9.17, 15) is 9.59 Å². The van der Waals surface area contributed by atoms with Gasteiger partial charge in [0.1, 0.15) is 5.71 Å². The molecule has 2 heterocycles. The standard InChI is InChI=1S/C12H20N4O2/c1-2-16(8-9-4-3-7-13-9)12(18)10-5-6-11(17)15-14-10/h9,13H,2-8H2,1H3,(H,15,17). The molecule has 100 valence electrons. The topological polar surface area (TPSA) is 73.8 Å². The van der Waals surface area contributed by atoms with Gasteiger partial charge < -0.3 is 10.2 Å². The lowest BCUT2D eigenvalue weighted by molar-refractivity contribution is -0.124. The Kier molecular flexibility index (Phi) is 4.30. The zero-order valence-corrected chi connectivity index (χ0v) is 10.7. The third kappa shape index (κ3) is 3.07. The minimum absolute atomic E-state index is 0.0498. The second-order valence-electron chi connectivity index (χ2n) is 4.73. The Labute approximate surface area is 107 Å². The Bertz CT molecular complexity index is 361. The van der Waals surface area contributed by atoms with Crippen LogP contribution in [0.1, 0.15) is 32.6 Å². The summed E-state index contributed by atoms with van der Waals surface area (Å²) in [6.45, 7) is 4.40. The quantitative estimate of drug-likeness (QED) is 0.731. The van der Waals surface area contributed by atoms with Crippen molar-refractivity contribution in [1.29, 1.82) is 0 Å².